The lowest BCUT2D eigenvalue weighted by Gasteiger charge is -2.15. The highest BCUT2D eigenvalue weighted by atomic mass is 14.7. The van der Waals surface area contributed by atoms with Crippen LogP contribution in [0.3, 0.4) is 0 Å². The fourth-order valence-electron chi connectivity index (χ4n) is 0.892. The zero-order valence-electron chi connectivity index (χ0n) is 7.10. The van der Waals surface area contributed by atoms with E-state index >= 15 is 0 Å². The molecule has 0 unspecified atom stereocenters. The number of rotatable bonds is 0. The first-order valence-electron chi connectivity index (χ1n) is 3.63. The quantitative estimate of drug-likeness (QED) is 0.601. The Morgan fingerprint density at radius 3 is 2.36 bits per heavy atom. The molecule has 0 saturated carbocycles. The third-order valence-corrected chi connectivity index (χ3v) is 1.67. The van der Waals surface area contributed by atoms with Crippen LogP contribution >= 0.6 is 0 Å². The first-order valence-corrected chi connectivity index (χ1v) is 3.63. The van der Waals surface area contributed by atoms with Gasteiger partial charge in [0.05, 0.1) is 0 Å². The minimum absolute atomic E-state index is 0.131. The zero-order chi connectivity index (χ0) is 8.48. The summed E-state index contributed by atoms with van der Waals surface area (Å²) in [5.41, 5.74) is 1.94. The van der Waals surface area contributed by atoms with Crippen LogP contribution in [0.1, 0.15) is 32.0 Å². The molecule has 2 nitrogen and oxygen atoms in total. The van der Waals surface area contributed by atoms with Crippen LogP contribution < -0.4 is 0 Å². The fourth-order valence-corrected chi connectivity index (χ4v) is 0.892. The monoisotopic (exact) mass is 148 g/mol. The normalized spacial score (nSPS) is 11.1. The Labute approximate surface area is 66.9 Å². The van der Waals surface area contributed by atoms with Gasteiger partial charge in [-0.15, -0.1) is 0 Å². The summed E-state index contributed by atoms with van der Waals surface area (Å²) in [5, 5.41) is 8.54. The third kappa shape index (κ3) is 1.62. The molecule has 1 N–H and O–H groups in total. The molecule has 1 heterocycles. The van der Waals surface area contributed by atoms with Gasteiger partial charge in [0.2, 0.25) is 0 Å². The number of nitriles is 1. The Kier molecular flexibility index (Phi) is 1.74. The molecule has 11 heavy (non-hydrogen) atoms. The lowest BCUT2D eigenvalue weighted by Crippen LogP contribution is -2.09. The Morgan fingerprint density at radius 1 is 1.45 bits per heavy atom. The van der Waals surface area contributed by atoms with Crippen molar-refractivity contribution in [1.82, 2.24) is 4.98 Å². The Hall–Kier alpha value is -1.23. The van der Waals surface area contributed by atoms with Crippen LogP contribution in [0, 0.1) is 11.3 Å². The van der Waals surface area contributed by atoms with Crippen LogP contribution in [0.15, 0.2) is 12.3 Å². The molecule has 0 bridgehead atoms. The molecule has 0 aliphatic rings. The van der Waals surface area contributed by atoms with Crippen molar-refractivity contribution in [2.24, 2.45) is 0 Å². The molecule has 0 atom stereocenters. The summed E-state index contributed by atoms with van der Waals surface area (Å²) < 4.78 is 0. The van der Waals surface area contributed by atoms with Gasteiger partial charge in [-0.25, -0.2) is 0 Å². The van der Waals surface area contributed by atoms with Crippen molar-refractivity contribution in [3.63, 3.8) is 0 Å². The van der Waals surface area contributed by atoms with E-state index in [4.69, 9.17) is 5.26 Å². The molecule has 0 fully saturated rings. The van der Waals surface area contributed by atoms with E-state index in [1.54, 1.807) is 0 Å². The van der Waals surface area contributed by atoms with Gasteiger partial charge < -0.3 is 4.98 Å². The fraction of sp³-hybridized carbons (Fsp3) is 0.444. The van der Waals surface area contributed by atoms with Gasteiger partial charge in [-0.3, -0.25) is 0 Å². The van der Waals surface area contributed by atoms with Crippen molar-refractivity contribution in [2.75, 3.05) is 0 Å². The van der Waals surface area contributed by atoms with E-state index in [2.05, 4.69) is 31.8 Å². The van der Waals surface area contributed by atoms with Crippen LogP contribution in [-0.4, -0.2) is 4.98 Å². The van der Waals surface area contributed by atoms with Gasteiger partial charge in [-0.05, 0) is 17.0 Å². The Balaban J connectivity index is 3.01. The zero-order valence-corrected chi connectivity index (χ0v) is 7.10. The molecule has 0 aliphatic heterocycles. The highest BCUT2D eigenvalue weighted by Gasteiger charge is 2.14. The van der Waals surface area contributed by atoms with Gasteiger partial charge in [0.25, 0.3) is 0 Å². The van der Waals surface area contributed by atoms with Crippen molar-refractivity contribution < 1.29 is 0 Å². The molecule has 1 rings (SSSR count). The van der Waals surface area contributed by atoms with Crippen molar-refractivity contribution in [3.8, 4) is 6.07 Å². The number of hydrogen-bond acceptors (Lipinski definition) is 1. The van der Waals surface area contributed by atoms with Crippen molar-refractivity contribution in [2.45, 2.75) is 26.2 Å². The molecule has 0 aliphatic carbocycles. The second kappa shape index (κ2) is 2.43. The summed E-state index contributed by atoms with van der Waals surface area (Å²) in [6.45, 7) is 6.37. The van der Waals surface area contributed by atoms with Gasteiger partial charge in [0, 0.05) is 6.20 Å². The number of hydrogen-bond donors (Lipinski definition) is 1. The molecule has 1 aromatic heterocycles. The van der Waals surface area contributed by atoms with Gasteiger partial charge in [0.15, 0.2) is 0 Å². The lowest BCUT2D eigenvalue weighted by atomic mass is 9.89. The van der Waals surface area contributed by atoms with Crippen LogP contribution in [0.5, 0.6) is 0 Å². The molecule has 0 radical (unpaired) electrons. The molecule has 1 aromatic rings. The number of H-pyrrole nitrogens is 1. The summed E-state index contributed by atoms with van der Waals surface area (Å²) in [5.74, 6) is 0. The topological polar surface area (TPSA) is 39.6 Å². The van der Waals surface area contributed by atoms with Crippen LogP contribution in [0.2, 0.25) is 0 Å². The average molecular weight is 148 g/mol. The van der Waals surface area contributed by atoms with Gasteiger partial charge in [-0.1, -0.05) is 20.8 Å². The molecule has 0 amide bonds. The van der Waals surface area contributed by atoms with Gasteiger partial charge in [0.1, 0.15) is 11.8 Å². The van der Waals surface area contributed by atoms with Crippen LogP contribution in [0.4, 0.5) is 0 Å². The van der Waals surface area contributed by atoms with E-state index in [-0.39, 0.29) is 5.41 Å². The van der Waals surface area contributed by atoms with Crippen molar-refractivity contribution >= 4 is 0 Å². The van der Waals surface area contributed by atoms with E-state index in [1.165, 1.54) is 5.56 Å². The predicted octanol–water partition coefficient (Wildman–Crippen LogP) is 2.18. The number of nitrogens with zero attached hydrogens (tertiary/aromatic N) is 1. The smallest absolute Gasteiger partial charge is 0.117 e. The number of nitrogens with one attached hydrogen (secondary N) is 1. The minimum atomic E-state index is 0.131. The van der Waals surface area contributed by atoms with E-state index in [0.29, 0.717) is 5.69 Å². The van der Waals surface area contributed by atoms with E-state index in [0.717, 1.165) is 0 Å². The summed E-state index contributed by atoms with van der Waals surface area (Å²) in [4.78, 5) is 2.90. The Morgan fingerprint density at radius 2 is 2.09 bits per heavy atom. The summed E-state index contributed by atoms with van der Waals surface area (Å²) in [7, 11) is 0. The molecular formula is C9H12N2. The van der Waals surface area contributed by atoms with E-state index < -0.39 is 0 Å². The summed E-state index contributed by atoms with van der Waals surface area (Å²) >= 11 is 0. The summed E-state index contributed by atoms with van der Waals surface area (Å²) in [6.07, 6.45) is 1.89. The highest BCUT2D eigenvalue weighted by molar-refractivity contribution is 5.30. The van der Waals surface area contributed by atoms with Crippen molar-refractivity contribution in [3.05, 3.63) is 23.5 Å². The molecule has 0 aromatic carbocycles. The largest absolute Gasteiger partial charge is 0.353 e. The van der Waals surface area contributed by atoms with Crippen LogP contribution in [-0.2, 0) is 5.41 Å². The summed E-state index contributed by atoms with van der Waals surface area (Å²) in [6, 6.07) is 3.95. The number of aromatic nitrogens is 1. The predicted molar refractivity (Wildman–Crippen MR) is 44.2 cm³/mol. The van der Waals surface area contributed by atoms with Crippen LogP contribution in [0.25, 0.3) is 0 Å². The molecule has 0 saturated heterocycles. The first-order chi connectivity index (χ1) is 5.04. The molecule has 0 spiro atoms. The minimum Gasteiger partial charge on any atom is -0.353 e. The maximum atomic E-state index is 8.54. The molecule has 2 heteroatoms. The maximum Gasteiger partial charge on any atom is 0.117 e. The standard InChI is InChI=1S/C9H12N2/c1-9(2,3)7-4-8(5-10)11-6-7/h4,6,11H,1-3H3. The molecule has 58 valence electrons. The second-order valence-corrected chi connectivity index (χ2v) is 3.66. The van der Waals surface area contributed by atoms with E-state index in [1.807, 2.05) is 12.3 Å². The van der Waals surface area contributed by atoms with Gasteiger partial charge in [-0.2, -0.15) is 5.26 Å². The SMILES string of the molecule is CC(C)(C)c1c[nH]c(C#N)c1. The third-order valence-electron chi connectivity index (χ3n) is 1.67. The first kappa shape index (κ1) is 7.87. The Bertz CT molecular complexity index is 283. The average Bonchev–Trinajstić information content (AvgIpc) is 2.32. The maximum absolute atomic E-state index is 8.54. The second-order valence-electron chi connectivity index (χ2n) is 3.66. The lowest BCUT2D eigenvalue weighted by molar-refractivity contribution is 0.591. The molecular weight excluding hydrogens is 136 g/mol. The van der Waals surface area contributed by atoms with Gasteiger partial charge >= 0.3 is 0 Å². The van der Waals surface area contributed by atoms with E-state index in [9.17, 15) is 0 Å². The highest BCUT2D eigenvalue weighted by Crippen LogP contribution is 2.22. The number of aromatic amines is 1. The van der Waals surface area contributed by atoms with Crippen molar-refractivity contribution in [1.29, 1.82) is 5.26 Å².